The Morgan fingerprint density at radius 1 is 0.946 bits per heavy atom. The van der Waals surface area contributed by atoms with Crippen LogP contribution in [0, 0.1) is 6.92 Å². The number of aryl methyl sites for hydroxylation is 1. The van der Waals surface area contributed by atoms with E-state index in [1.165, 1.54) is 25.9 Å². The van der Waals surface area contributed by atoms with Crippen molar-refractivity contribution in [3.63, 3.8) is 0 Å². The van der Waals surface area contributed by atoms with E-state index in [1.807, 2.05) is 6.92 Å². The topological polar surface area (TPSA) is 135 Å². The van der Waals surface area contributed by atoms with Gasteiger partial charge in [-0.1, -0.05) is 12.1 Å². The van der Waals surface area contributed by atoms with Crippen LogP contribution in [0.5, 0.6) is 17.4 Å². The van der Waals surface area contributed by atoms with Crippen LogP contribution in [0.1, 0.15) is 25.5 Å². The largest absolute Gasteiger partial charge is 0.494 e. The fourth-order valence-electron chi connectivity index (χ4n) is 3.78. The molecular weight excluding hydrogens is 498 g/mol. The van der Waals surface area contributed by atoms with Crippen molar-refractivity contribution in [3.05, 3.63) is 54.4 Å². The Balaban J connectivity index is 1.85. The summed E-state index contributed by atoms with van der Waals surface area (Å²) in [6.07, 6.45) is 3.48. The molecule has 0 saturated carbocycles. The number of anilines is 1. The van der Waals surface area contributed by atoms with Crippen LogP contribution >= 0.6 is 0 Å². The van der Waals surface area contributed by atoms with Crippen LogP contribution in [0.15, 0.2) is 48.8 Å². The third-order valence-electron chi connectivity index (χ3n) is 6.00. The number of aromatic nitrogens is 6. The van der Waals surface area contributed by atoms with Gasteiger partial charge < -0.3 is 14.2 Å². The first-order valence-corrected chi connectivity index (χ1v) is 12.9. The van der Waals surface area contributed by atoms with Crippen LogP contribution in [0.25, 0.3) is 17.2 Å². The third kappa shape index (κ3) is 5.07. The van der Waals surface area contributed by atoms with Gasteiger partial charge in [0.2, 0.25) is 21.9 Å². The Morgan fingerprint density at radius 3 is 2.22 bits per heavy atom. The summed E-state index contributed by atoms with van der Waals surface area (Å²) in [4.78, 5) is 4.46. The van der Waals surface area contributed by atoms with Gasteiger partial charge in [-0.3, -0.25) is 14.0 Å². The van der Waals surface area contributed by atoms with Crippen molar-refractivity contribution in [2.45, 2.75) is 32.1 Å². The van der Waals surface area contributed by atoms with Gasteiger partial charge in [-0.2, -0.15) is 5.10 Å². The molecule has 196 valence electrons. The molecule has 0 aliphatic heterocycles. The van der Waals surface area contributed by atoms with Crippen molar-refractivity contribution in [1.82, 2.24) is 29.5 Å². The number of pyridine rings is 1. The molecule has 4 aromatic rings. The molecule has 0 fully saturated rings. The van der Waals surface area contributed by atoms with Gasteiger partial charge in [-0.15, -0.1) is 10.2 Å². The molecule has 0 unspecified atom stereocenters. The van der Waals surface area contributed by atoms with Crippen molar-refractivity contribution in [2.24, 2.45) is 0 Å². The minimum Gasteiger partial charge on any atom is -0.494 e. The van der Waals surface area contributed by atoms with E-state index in [2.05, 4.69) is 25.0 Å². The zero-order valence-electron chi connectivity index (χ0n) is 21.4. The SMILES string of the molecule is COc1cccc(-c2nnc(NS(=O)(=O)[C@@H](C)[C@H](C)n3cc(C)cn3)n2-c2c(OC)cccc2OC)n1. The number of benzene rings is 1. The van der Waals surface area contributed by atoms with E-state index < -0.39 is 21.3 Å². The first-order valence-electron chi connectivity index (χ1n) is 11.4. The average Bonchev–Trinajstić information content (AvgIpc) is 3.52. The Bertz CT molecular complexity index is 1480. The van der Waals surface area contributed by atoms with Gasteiger partial charge >= 0.3 is 0 Å². The lowest BCUT2D eigenvalue weighted by atomic mass is 10.2. The second-order valence-electron chi connectivity index (χ2n) is 8.35. The molecule has 3 aromatic heterocycles. The minimum absolute atomic E-state index is 0.0573. The summed E-state index contributed by atoms with van der Waals surface area (Å²) in [6.45, 7) is 5.29. The number of methoxy groups -OCH3 is 3. The van der Waals surface area contributed by atoms with Gasteiger partial charge in [0.05, 0.1) is 38.8 Å². The summed E-state index contributed by atoms with van der Waals surface area (Å²) >= 11 is 0. The Labute approximate surface area is 215 Å². The molecule has 2 atom stereocenters. The lowest BCUT2D eigenvalue weighted by Crippen LogP contribution is -2.33. The molecule has 12 nitrogen and oxygen atoms in total. The summed E-state index contributed by atoms with van der Waals surface area (Å²) in [5.74, 6) is 1.38. The highest BCUT2D eigenvalue weighted by Crippen LogP contribution is 2.38. The van der Waals surface area contributed by atoms with Crippen molar-refractivity contribution < 1.29 is 22.6 Å². The van der Waals surface area contributed by atoms with Crippen LogP contribution < -0.4 is 18.9 Å². The third-order valence-corrected chi connectivity index (χ3v) is 7.84. The van der Waals surface area contributed by atoms with Crippen LogP contribution in [-0.4, -0.2) is 64.5 Å². The lowest BCUT2D eigenvalue weighted by molar-refractivity contribution is 0.391. The number of rotatable bonds is 10. The maximum Gasteiger partial charge on any atom is 0.243 e. The Hall–Kier alpha value is -4.13. The number of hydrogen-bond acceptors (Lipinski definition) is 9. The molecule has 0 saturated heterocycles. The summed E-state index contributed by atoms with van der Waals surface area (Å²) < 4.78 is 49.2. The molecule has 13 heteroatoms. The molecule has 4 rings (SSSR count). The summed E-state index contributed by atoms with van der Waals surface area (Å²) in [5, 5.41) is 11.9. The van der Waals surface area contributed by atoms with Gasteiger partial charge in [0, 0.05) is 12.3 Å². The number of nitrogens with zero attached hydrogens (tertiary/aromatic N) is 6. The standard InChI is InChI=1S/C24H29N7O5S/c1-15-13-25-30(14-15)16(2)17(3)37(32,33)29-24-28-27-23(18-9-7-12-21(26-18)36-6)31(24)22-19(34-4)10-8-11-20(22)35-5/h7-14,16-17H,1-6H3,(H,28,29)/t16-,17-/m0/s1. The van der Waals surface area contributed by atoms with Gasteiger partial charge in [-0.05, 0) is 44.5 Å². The molecule has 3 heterocycles. The van der Waals surface area contributed by atoms with Gasteiger partial charge in [-0.25, -0.2) is 13.4 Å². The van der Waals surface area contributed by atoms with Crippen molar-refractivity contribution in [2.75, 3.05) is 26.1 Å². The maximum atomic E-state index is 13.5. The fourth-order valence-corrected chi connectivity index (χ4v) is 5.00. The van der Waals surface area contributed by atoms with E-state index in [0.29, 0.717) is 28.8 Å². The lowest BCUT2D eigenvalue weighted by Gasteiger charge is -2.22. The van der Waals surface area contributed by atoms with Gasteiger partial charge in [0.25, 0.3) is 0 Å². The van der Waals surface area contributed by atoms with Crippen molar-refractivity contribution >= 4 is 16.0 Å². The minimum atomic E-state index is -3.96. The average molecular weight is 528 g/mol. The van der Waals surface area contributed by atoms with Crippen LogP contribution in [0.4, 0.5) is 5.95 Å². The monoisotopic (exact) mass is 527 g/mol. The fraction of sp³-hybridized carbons (Fsp3) is 0.333. The second kappa shape index (κ2) is 10.5. The molecule has 0 radical (unpaired) electrons. The van der Waals surface area contributed by atoms with Crippen molar-refractivity contribution in [3.8, 4) is 34.6 Å². The molecule has 0 bridgehead atoms. The van der Waals surface area contributed by atoms with Crippen LogP contribution in [0.2, 0.25) is 0 Å². The van der Waals surface area contributed by atoms with E-state index in [9.17, 15) is 8.42 Å². The van der Waals surface area contributed by atoms with E-state index in [-0.39, 0.29) is 11.8 Å². The molecule has 0 aliphatic carbocycles. The summed E-state index contributed by atoms with van der Waals surface area (Å²) in [6, 6.07) is 9.91. The van der Waals surface area contributed by atoms with Crippen LogP contribution in [-0.2, 0) is 10.0 Å². The highest BCUT2D eigenvalue weighted by molar-refractivity contribution is 7.93. The predicted molar refractivity (Wildman–Crippen MR) is 138 cm³/mol. The normalized spacial score (nSPS) is 13.1. The van der Waals surface area contributed by atoms with E-state index in [0.717, 1.165) is 5.56 Å². The summed E-state index contributed by atoms with van der Waals surface area (Å²) in [7, 11) is 0.551. The number of hydrogen-bond donors (Lipinski definition) is 1. The number of nitrogens with one attached hydrogen (secondary N) is 1. The molecule has 0 spiro atoms. The van der Waals surface area contributed by atoms with E-state index in [4.69, 9.17) is 14.2 Å². The zero-order chi connectivity index (χ0) is 26.7. The second-order valence-corrected chi connectivity index (χ2v) is 10.4. The first kappa shape index (κ1) is 25.9. The molecule has 37 heavy (non-hydrogen) atoms. The van der Waals surface area contributed by atoms with Crippen molar-refractivity contribution in [1.29, 1.82) is 0 Å². The smallest absolute Gasteiger partial charge is 0.243 e. The highest BCUT2D eigenvalue weighted by atomic mass is 32.2. The summed E-state index contributed by atoms with van der Waals surface area (Å²) in [5.41, 5.74) is 1.74. The molecular formula is C24H29N7O5S. The molecule has 0 aliphatic rings. The Kier molecular flexibility index (Phi) is 7.34. The first-order chi connectivity index (χ1) is 17.7. The quantitative estimate of drug-likeness (QED) is 0.330. The molecule has 1 N–H and O–H groups in total. The zero-order valence-corrected chi connectivity index (χ0v) is 22.2. The highest BCUT2D eigenvalue weighted by Gasteiger charge is 2.32. The Morgan fingerprint density at radius 2 is 1.62 bits per heavy atom. The molecule has 1 aromatic carbocycles. The van der Waals surface area contributed by atoms with E-state index >= 15 is 0 Å². The number of para-hydroxylation sites is 1. The number of ether oxygens (including phenoxy) is 3. The molecule has 0 amide bonds. The van der Waals surface area contributed by atoms with Gasteiger partial charge in [0.15, 0.2) is 5.82 Å². The van der Waals surface area contributed by atoms with E-state index in [1.54, 1.807) is 67.3 Å². The van der Waals surface area contributed by atoms with Gasteiger partial charge in [0.1, 0.15) is 22.9 Å². The maximum absolute atomic E-state index is 13.5. The predicted octanol–water partition coefficient (Wildman–Crippen LogP) is 3.25. The van der Waals surface area contributed by atoms with Crippen LogP contribution in [0.3, 0.4) is 0 Å². The number of sulfonamides is 1.